The number of hydrogen-bond acceptors (Lipinski definition) is 5. The number of nitrogens with two attached hydrogens (primary N) is 1. The van der Waals surface area contributed by atoms with E-state index in [1.807, 2.05) is 4.90 Å². The van der Waals surface area contributed by atoms with Gasteiger partial charge < -0.3 is 25.0 Å². The van der Waals surface area contributed by atoms with Crippen LogP contribution in [0.1, 0.15) is 36.5 Å². The molecule has 0 aliphatic carbocycles. The van der Waals surface area contributed by atoms with Gasteiger partial charge in [-0.05, 0) is 50.8 Å². The van der Waals surface area contributed by atoms with Gasteiger partial charge in [-0.1, -0.05) is 0 Å². The van der Waals surface area contributed by atoms with Crippen molar-refractivity contribution in [1.29, 1.82) is 0 Å². The Labute approximate surface area is 160 Å². The number of rotatable bonds is 5. The van der Waals surface area contributed by atoms with Gasteiger partial charge in [-0.2, -0.15) is 0 Å². The van der Waals surface area contributed by atoms with E-state index in [2.05, 4.69) is 6.92 Å². The summed E-state index contributed by atoms with van der Waals surface area (Å²) in [7, 11) is 3.09. The highest BCUT2D eigenvalue weighted by molar-refractivity contribution is 6.00. The Morgan fingerprint density at radius 2 is 2.00 bits per heavy atom. The molecule has 0 saturated carbocycles. The molecule has 27 heavy (non-hydrogen) atoms. The van der Waals surface area contributed by atoms with Gasteiger partial charge in [0.2, 0.25) is 5.91 Å². The average molecular weight is 375 g/mol. The van der Waals surface area contributed by atoms with E-state index >= 15 is 0 Å². The van der Waals surface area contributed by atoms with Gasteiger partial charge in [-0.3, -0.25) is 9.59 Å². The number of methoxy groups -OCH3 is 2. The third kappa shape index (κ3) is 3.74. The van der Waals surface area contributed by atoms with Crippen molar-refractivity contribution < 1.29 is 19.1 Å². The summed E-state index contributed by atoms with van der Waals surface area (Å²) in [5, 5.41) is 0. The van der Waals surface area contributed by atoms with Crippen LogP contribution >= 0.6 is 0 Å². The number of carbonyl (C=O) groups is 2. The van der Waals surface area contributed by atoms with E-state index < -0.39 is 6.04 Å². The predicted octanol–water partition coefficient (Wildman–Crippen LogP) is 1.50. The SMILES string of the molecule is COc1ccc(C(=O)N2CCCC2C(=O)N2CC(CN)CC2C)c(OC)c1. The zero-order valence-corrected chi connectivity index (χ0v) is 16.3. The Hall–Kier alpha value is -2.28. The quantitative estimate of drug-likeness (QED) is 0.843. The maximum Gasteiger partial charge on any atom is 0.258 e. The molecule has 2 aliphatic heterocycles. The van der Waals surface area contributed by atoms with Gasteiger partial charge in [0.15, 0.2) is 0 Å². The van der Waals surface area contributed by atoms with Crippen molar-refractivity contribution in [3.05, 3.63) is 23.8 Å². The lowest BCUT2D eigenvalue weighted by molar-refractivity contribution is -0.135. The zero-order valence-electron chi connectivity index (χ0n) is 16.3. The topological polar surface area (TPSA) is 85.1 Å². The van der Waals surface area contributed by atoms with E-state index in [0.29, 0.717) is 49.0 Å². The summed E-state index contributed by atoms with van der Waals surface area (Å²) in [6, 6.07) is 4.87. The van der Waals surface area contributed by atoms with Gasteiger partial charge in [-0.15, -0.1) is 0 Å². The molecule has 0 bridgehead atoms. The molecule has 3 atom stereocenters. The van der Waals surface area contributed by atoms with Crippen molar-refractivity contribution in [2.75, 3.05) is 33.9 Å². The van der Waals surface area contributed by atoms with Crippen molar-refractivity contribution in [2.24, 2.45) is 11.7 Å². The Morgan fingerprint density at radius 3 is 2.63 bits per heavy atom. The molecule has 2 amide bonds. The zero-order chi connectivity index (χ0) is 19.6. The van der Waals surface area contributed by atoms with Gasteiger partial charge in [0.25, 0.3) is 5.91 Å². The third-order valence-electron chi connectivity index (χ3n) is 5.72. The van der Waals surface area contributed by atoms with Gasteiger partial charge in [0, 0.05) is 25.2 Å². The van der Waals surface area contributed by atoms with Crippen LogP contribution in [0.4, 0.5) is 0 Å². The molecule has 0 radical (unpaired) electrons. The Morgan fingerprint density at radius 1 is 1.22 bits per heavy atom. The number of likely N-dealkylation sites (tertiary alicyclic amines) is 2. The number of ether oxygens (including phenoxy) is 2. The van der Waals surface area contributed by atoms with Gasteiger partial charge in [0.1, 0.15) is 17.5 Å². The molecule has 3 unspecified atom stereocenters. The highest BCUT2D eigenvalue weighted by Gasteiger charge is 2.41. The molecule has 2 heterocycles. The molecular weight excluding hydrogens is 346 g/mol. The summed E-state index contributed by atoms with van der Waals surface area (Å²) < 4.78 is 10.6. The Bertz CT molecular complexity index is 708. The second kappa shape index (κ2) is 8.17. The van der Waals surface area contributed by atoms with Crippen molar-refractivity contribution in [3.8, 4) is 11.5 Å². The van der Waals surface area contributed by atoms with E-state index in [0.717, 1.165) is 12.8 Å². The molecule has 1 aromatic carbocycles. The van der Waals surface area contributed by atoms with Crippen LogP contribution in [-0.2, 0) is 4.79 Å². The smallest absolute Gasteiger partial charge is 0.258 e. The molecule has 2 fully saturated rings. The first-order valence-electron chi connectivity index (χ1n) is 9.53. The summed E-state index contributed by atoms with van der Waals surface area (Å²) >= 11 is 0. The molecule has 0 aromatic heterocycles. The van der Waals surface area contributed by atoms with Crippen LogP contribution in [0.2, 0.25) is 0 Å². The van der Waals surface area contributed by atoms with E-state index in [-0.39, 0.29) is 17.9 Å². The van der Waals surface area contributed by atoms with Gasteiger partial charge in [0.05, 0.1) is 19.8 Å². The van der Waals surface area contributed by atoms with Crippen LogP contribution in [0.25, 0.3) is 0 Å². The standard InChI is InChI=1S/C20H29N3O4/c1-13-9-14(11-21)12-23(13)20(25)17-5-4-8-22(17)19(24)16-7-6-15(26-2)10-18(16)27-3/h6-7,10,13-14,17H,4-5,8-9,11-12,21H2,1-3H3. The second-order valence-corrected chi connectivity index (χ2v) is 7.40. The highest BCUT2D eigenvalue weighted by atomic mass is 16.5. The number of hydrogen-bond donors (Lipinski definition) is 1. The number of carbonyl (C=O) groups excluding carboxylic acids is 2. The summed E-state index contributed by atoms with van der Waals surface area (Å²) in [5.74, 6) is 1.28. The fraction of sp³-hybridized carbons (Fsp3) is 0.600. The van der Waals surface area contributed by atoms with Crippen molar-refractivity contribution in [2.45, 2.75) is 38.3 Å². The summed E-state index contributed by atoms with van der Waals surface area (Å²) in [6.07, 6.45) is 2.44. The Kier molecular flexibility index (Phi) is 5.89. The minimum atomic E-state index is -0.414. The number of nitrogens with zero attached hydrogens (tertiary/aromatic N) is 2. The normalized spacial score (nSPS) is 25.0. The van der Waals surface area contributed by atoms with Crippen LogP contribution < -0.4 is 15.2 Å². The molecular formula is C20H29N3O4. The number of amides is 2. The highest BCUT2D eigenvalue weighted by Crippen LogP contribution is 2.31. The number of benzene rings is 1. The molecule has 3 rings (SSSR count). The van der Waals surface area contributed by atoms with E-state index in [4.69, 9.17) is 15.2 Å². The summed E-state index contributed by atoms with van der Waals surface area (Å²) in [4.78, 5) is 29.9. The lowest BCUT2D eigenvalue weighted by atomic mass is 10.1. The van der Waals surface area contributed by atoms with Crippen molar-refractivity contribution in [3.63, 3.8) is 0 Å². The molecule has 2 N–H and O–H groups in total. The van der Waals surface area contributed by atoms with E-state index in [1.54, 1.807) is 30.2 Å². The summed E-state index contributed by atoms with van der Waals surface area (Å²) in [5.41, 5.74) is 6.24. The first-order chi connectivity index (χ1) is 13.0. The van der Waals surface area contributed by atoms with E-state index in [1.165, 1.54) is 7.11 Å². The maximum atomic E-state index is 13.2. The second-order valence-electron chi connectivity index (χ2n) is 7.40. The molecule has 2 aliphatic rings. The van der Waals surface area contributed by atoms with Gasteiger partial charge >= 0.3 is 0 Å². The van der Waals surface area contributed by atoms with Crippen LogP contribution in [0.3, 0.4) is 0 Å². The fourth-order valence-corrected chi connectivity index (χ4v) is 4.21. The molecule has 1 aromatic rings. The third-order valence-corrected chi connectivity index (χ3v) is 5.72. The molecule has 7 nitrogen and oxygen atoms in total. The molecule has 2 saturated heterocycles. The maximum absolute atomic E-state index is 13.2. The first-order valence-corrected chi connectivity index (χ1v) is 9.53. The van der Waals surface area contributed by atoms with Crippen LogP contribution in [0.5, 0.6) is 11.5 Å². The van der Waals surface area contributed by atoms with E-state index in [9.17, 15) is 9.59 Å². The summed E-state index contributed by atoms with van der Waals surface area (Å²) in [6.45, 7) is 3.90. The molecule has 0 spiro atoms. The van der Waals surface area contributed by atoms with Crippen LogP contribution in [0, 0.1) is 5.92 Å². The monoisotopic (exact) mass is 375 g/mol. The van der Waals surface area contributed by atoms with Crippen LogP contribution in [-0.4, -0.2) is 67.6 Å². The lowest BCUT2D eigenvalue weighted by Crippen LogP contribution is -2.49. The van der Waals surface area contributed by atoms with Crippen molar-refractivity contribution in [1.82, 2.24) is 9.80 Å². The Balaban J connectivity index is 1.80. The minimum absolute atomic E-state index is 0.0387. The largest absolute Gasteiger partial charge is 0.497 e. The lowest BCUT2D eigenvalue weighted by Gasteiger charge is -2.30. The van der Waals surface area contributed by atoms with Crippen molar-refractivity contribution >= 4 is 11.8 Å². The average Bonchev–Trinajstić information content (AvgIpc) is 3.33. The van der Waals surface area contributed by atoms with Gasteiger partial charge in [-0.25, -0.2) is 0 Å². The molecule has 148 valence electrons. The predicted molar refractivity (Wildman–Crippen MR) is 102 cm³/mol. The fourth-order valence-electron chi connectivity index (χ4n) is 4.21. The van der Waals surface area contributed by atoms with Crippen LogP contribution in [0.15, 0.2) is 18.2 Å². The molecule has 7 heteroatoms. The minimum Gasteiger partial charge on any atom is -0.497 e. The first kappa shape index (κ1) is 19.5.